The molecule has 0 fully saturated rings. The van der Waals surface area contributed by atoms with E-state index in [1.807, 2.05) is 0 Å². The van der Waals surface area contributed by atoms with E-state index in [2.05, 4.69) is 4.98 Å². The zero-order chi connectivity index (χ0) is 18.1. The summed E-state index contributed by atoms with van der Waals surface area (Å²) < 4.78 is 86.8. The molecule has 0 aliphatic rings. The van der Waals surface area contributed by atoms with Gasteiger partial charge in [-0.2, -0.15) is 26.3 Å². The minimum absolute atomic E-state index is 0.0280. The van der Waals surface area contributed by atoms with Crippen molar-refractivity contribution in [2.24, 2.45) is 0 Å². The zero-order valence-electron chi connectivity index (χ0n) is 12.4. The molecule has 0 bridgehead atoms. The Morgan fingerprint density at radius 1 is 0.875 bits per heavy atom. The number of alkyl halides is 6. The molecule has 0 radical (unpaired) electrons. The second-order valence-electron chi connectivity index (χ2n) is 4.67. The third-order valence-electron chi connectivity index (χ3n) is 3.13. The molecule has 2 aromatic rings. The van der Waals surface area contributed by atoms with Crippen LogP contribution in [0.5, 0.6) is 11.6 Å². The van der Waals surface area contributed by atoms with Crippen LogP contribution in [0.3, 0.4) is 0 Å². The van der Waals surface area contributed by atoms with Gasteiger partial charge in [0.15, 0.2) is 5.69 Å². The molecule has 0 aliphatic heterocycles. The largest absolute Gasteiger partial charge is 0.496 e. The maximum atomic E-state index is 12.9. The lowest BCUT2D eigenvalue weighted by molar-refractivity contribution is -0.141. The summed E-state index contributed by atoms with van der Waals surface area (Å²) >= 11 is 0. The van der Waals surface area contributed by atoms with Crippen LogP contribution in [0.1, 0.15) is 11.3 Å². The van der Waals surface area contributed by atoms with Crippen LogP contribution in [0.25, 0.3) is 11.1 Å². The Kier molecular flexibility index (Phi) is 4.63. The van der Waals surface area contributed by atoms with Crippen LogP contribution in [-0.4, -0.2) is 19.2 Å². The molecule has 1 heterocycles. The lowest BCUT2D eigenvalue weighted by Gasteiger charge is -2.16. The Labute approximate surface area is 132 Å². The molecule has 1 aromatic heterocycles. The fourth-order valence-corrected chi connectivity index (χ4v) is 2.07. The number of rotatable bonds is 3. The number of methoxy groups -OCH3 is 2. The van der Waals surface area contributed by atoms with E-state index in [1.165, 1.54) is 6.07 Å². The third kappa shape index (κ3) is 3.55. The maximum absolute atomic E-state index is 12.9. The van der Waals surface area contributed by atoms with Crippen LogP contribution in [0, 0.1) is 0 Å². The molecule has 1 aromatic carbocycles. The lowest BCUT2D eigenvalue weighted by Crippen LogP contribution is -2.10. The minimum Gasteiger partial charge on any atom is -0.496 e. The van der Waals surface area contributed by atoms with Gasteiger partial charge < -0.3 is 9.47 Å². The fraction of sp³-hybridized carbons (Fsp3) is 0.267. The molecule has 0 amide bonds. The van der Waals surface area contributed by atoms with Crippen molar-refractivity contribution >= 4 is 0 Å². The Hall–Kier alpha value is -2.45. The van der Waals surface area contributed by atoms with Crippen molar-refractivity contribution in [3.05, 3.63) is 41.6 Å². The Morgan fingerprint density at radius 3 is 2.04 bits per heavy atom. The normalized spacial score (nSPS) is 12.2. The molecule has 0 atom stereocenters. The second kappa shape index (κ2) is 6.21. The summed E-state index contributed by atoms with van der Waals surface area (Å²) in [6.07, 6.45) is -9.36. The average molecular weight is 351 g/mol. The van der Waals surface area contributed by atoms with Crippen LogP contribution in [0.15, 0.2) is 30.3 Å². The Bertz CT molecular complexity index is 714. The van der Waals surface area contributed by atoms with Gasteiger partial charge in [0.1, 0.15) is 5.75 Å². The van der Waals surface area contributed by atoms with Gasteiger partial charge in [0.2, 0.25) is 5.88 Å². The van der Waals surface area contributed by atoms with Crippen LogP contribution in [0.4, 0.5) is 26.3 Å². The van der Waals surface area contributed by atoms with E-state index in [-0.39, 0.29) is 16.9 Å². The van der Waals surface area contributed by atoms with Gasteiger partial charge in [-0.25, -0.2) is 4.98 Å². The highest BCUT2D eigenvalue weighted by atomic mass is 19.4. The van der Waals surface area contributed by atoms with Crippen LogP contribution >= 0.6 is 0 Å². The average Bonchev–Trinajstić information content (AvgIpc) is 2.51. The van der Waals surface area contributed by atoms with Gasteiger partial charge >= 0.3 is 12.4 Å². The van der Waals surface area contributed by atoms with E-state index >= 15 is 0 Å². The maximum Gasteiger partial charge on any atom is 0.433 e. The van der Waals surface area contributed by atoms with Crippen molar-refractivity contribution in [1.29, 1.82) is 0 Å². The molecule has 0 unspecified atom stereocenters. The van der Waals surface area contributed by atoms with E-state index < -0.39 is 29.5 Å². The number of aromatic nitrogens is 1. The van der Waals surface area contributed by atoms with Crippen molar-refractivity contribution in [2.75, 3.05) is 14.2 Å². The highest BCUT2D eigenvalue weighted by molar-refractivity contribution is 5.76. The quantitative estimate of drug-likeness (QED) is 0.744. The first kappa shape index (κ1) is 17.9. The number of pyridine rings is 1. The summed E-state index contributed by atoms with van der Waals surface area (Å²) in [5, 5.41) is 0. The van der Waals surface area contributed by atoms with Gasteiger partial charge in [-0.3, -0.25) is 0 Å². The summed E-state index contributed by atoms with van der Waals surface area (Å²) in [5.74, 6) is -0.783. The predicted molar refractivity (Wildman–Crippen MR) is 72.8 cm³/mol. The predicted octanol–water partition coefficient (Wildman–Crippen LogP) is 4.80. The summed E-state index contributed by atoms with van der Waals surface area (Å²) in [4.78, 5) is 3.33. The van der Waals surface area contributed by atoms with Gasteiger partial charge in [-0.15, -0.1) is 0 Å². The van der Waals surface area contributed by atoms with Crippen molar-refractivity contribution in [3.8, 4) is 22.8 Å². The molecule has 0 saturated heterocycles. The van der Waals surface area contributed by atoms with Crippen molar-refractivity contribution < 1.29 is 35.8 Å². The molecule has 3 nitrogen and oxygen atoms in total. The fourth-order valence-electron chi connectivity index (χ4n) is 2.07. The van der Waals surface area contributed by atoms with Gasteiger partial charge in [0, 0.05) is 6.07 Å². The first-order valence-corrected chi connectivity index (χ1v) is 6.45. The molecule has 0 aliphatic carbocycles. The van der Waals surface area contributed by atoms with Crippen molar-refractivity contribution in [2.45, 2.75) is 12.4 Å². The molecule has 9 heteroatoms. The smallest absolute Gasteiger partial charge is 0.433 e. The first-order chi connectivity index (χ1) is 11.1. The van der Waals surface area contributed by atoms with Crippen molar-refractivity contribution in [1.82, 2.24) is 4.98 Å². The van der Waals surface area contributed by atoms with E-state index in [1.54, 1.807) is 0 Å². The first-order valence-electron chi connectivity index (χ1n) is 6.45. The monoisotopic (exact) mass is 351 g/mol. The Balaban J connectivity index is 2.70. The van der Waals surface area contributed by atoms with E-state index in [0.29, 0.717) is 6.07 Å². The van der Waals surface area contributed by atoms with Gasteiger partial charge in [-0.05, 0) is 17.7 Å². The molecule has 0 saturated carbocycles. The van der Waals surface area contributed by atoms with Crippen molar-refractivity contribution in [3.63, 3.8) is 0 Å². The molecule has 2 rings (SSSR count). The van der Waals surface area contributed by atoms with Crippen LogP contribution in [0.2, 0.25) is 0 Å². The number of ether oxygens (including phenoxy) is 2. The lowest BCUT2D eigenvalue weighted by atomic mass is 10.0. The Morgan fingerprint density at radius 2 is 1.54 bits per heavy atom. The number of benzene rings is 1. The number of nitrogens with zero attached hydrogens (tertiary/aromatic N) is 1. The molecule has 0 N–H and O–H groups in total. The number of hydrogen-bond donors (Lipinski definition) is 0. The number of halogens is 6. The molecular formula is C15H11F6NO2. The van der Waals surface area contributed by atoms with Gasteiger partial charge in [-0.1, -0.05) is 12.1 Å². The molecule has 24 heavy (non-hydrogen) atoms. The van der Waals surface area contributed by atoms with E-state index in [4.69, 9.17) is 9.47 Å². The van der Waals surface area contributed by atoms with Crippen LogP contribution in [-0.2, 0) is 12.4 Å². The van der Waals surface area contributed by atoms with Gasteiger partial charge in [0.05, 0.1) is 25.3 Å². The molecular weight excluding hydrogens is 340 g/mol. The summed E-state index contributed by atoms with van der Waals surface area (Å²) in [6.45, 7) is 0. The highest BCUT2D eigenvalue weighted by Gasteiger charge is 2.36. The summed E-state index contributed by atoms with van der Waals surface area (Å²) in [6, 6.07) is 4.67. The van der Waals surface area contributed by atoms with Crippen LogP contribution < -0.4 is 9.47 Å². The summed E-state index contributed by atoms with van der Waals surface area (Å²) in [7, 11) is 2.17. The second-order valence-corrected chi connectivity index (χ2v) is 4.67. The number of hydrogen-bond acceptors (Lipinski definition) is 3. The minimum atomic E-state index is -4.76. The standard InChI is InChI=1S/C15H11F6NO2/c1-23-10-7-11(15(19,20)21)22-13(24-2)12(10)8-4-3-5-9(6-8)14(16,17)18/h3-7H,1-2H3. The molecule has 130 valence electrons. The highest BCUT2D eigenvalue weighted by Crippen LogP contribution is 2.42. The van der Waals surface area contributed by atoms with Gasteiger partial charge in [0.25, 0.3) is 0 Å². The van der Waals surface area contributed by atoms with E-state index in [0.717, 1.165) is 32.4 Å². The third-order valence-corrected chi connectivity index (χ3v) is 3.13. The molecule has 0 spiro atoms. The SMILES string of the molecule is COc1cc(C(F)(F)F)nc(OC)c1-c1cccc(C(F)(F)F)c1. The summed E-state index contributed by atoms with van der Waals surface area (Å²) in [5.41, 5.74) is -2.35. The van der Waals surface area contributed by atoms with E-state index in [9.17, 15) is 26.3 Å². The topological polar surface area (TPSA) is 31.4 Å². The zero-order valence-corrected chi connectivity index (χ0v) is 12.4.